The second-order valence-corrected chi connectivity index (χ2v) is 6.58. The summed E-state index contributed by atoms with van der Waals surface area (Å²) in [7, 11) is -3.62. The number of aromatic amines is 1. The molecule has 0 atom stereocenters. The average molecular weight is 312 g/mol. The highest BCUT2D eigenvalue weighted by Gasteiger charge is 2.24. The van der Waals surface area contributed by atoms with E-state index in [2.05, 4.69) is 34.9 Å². The van der Waals surface area contributed by atoms with E-state index in [1.807, 2.05) is 0 Å². The van der Waals surface area contributed by atoms with Crippen LogP contribution in [0.2, 0.25) is 0 Å². The molecular weight excluding hydrogens is 296 g/mol. The van der Waals surface area contributed by atoms with Gasteiger partial charge in [-0.15, -0.1) is 0 Å². The molecular formula is C11H16N6O3S. The Hall–Kier alpha value is -1.78. The van der Waals surface area contributed by atoms with Gasteiger partial charge in [0.2, 0.25) is 6.39 Å². The van der Waals surface area contributed by atoms with Crippen LogP contribution >= 0.6 is 0 Å². The molecule has 0 aliphatic heterocycles. The first-order valence-electron chi connectivity index (χ1n) is 6.66. The third-order valence-electron chi connectivity index (χ3n) is 3.15. The number of nitrogens with one attached hydrogen (secondary N) is 3. The molecule has 10 heteroatoms. The SMILES string of the molecule is O=S(=O)(NCCc1ncon1)c1[nH]ncc1CNC1CC1. The van der Waals surface area contributed by atoms with Crippen LogP contribution in [-0.2, 0) is 23.0 Å². The number of aromatic nitrogens is 4. The van der Waals surface area contributed by atoms with E-state index in [1.165, 1.54) is 12.6 Å². The van der Waals surface area contributed by atoms with Crippen LogP contribution in [0, 0.1) is 0 Å². The van der Waals surface area contributed by atoms with Crippen molar-refractivity contribution in [2.75, 3.05) is 6.54 Å². The van der Waals surface area contributed by atoms with Gasteiger partial charge in [-0.25, -0.2) is 13.1 Å². The molecule has 0 unspecified atom stereocenters. The highest BCUT2D eigenvalue weighted by atomic mass is 32.2. The molecule has 21 heavy (non-hydrogen) atoms. The number of rotatable bonds is 8. The maximum Gasteiger partial charge on any atom is 0.257 e. The van der Waals surface area contributed by atoms with E-state index in [1.54, 1.807) is 0 Å². The third-order valence-corrected chi connectivity index (χ3v) is 4.63. The molecule has 3 N–H and O–H groups in total. The smallest absolute Gasteiger partial charge is 0.257 e. The molecule has 9 nitrogen and oxygen atoms in total. The molecule has 114 valence electrons. The zero-order valence-electron chi connectivity index (χ0n) is 11.2. The minimum Gasteiger partial charge on any atom is -0.343 e. The highest BCUT2D eigenvalue weighted by molar-refractivity contribution is 7.89. The van der Waals surface area contributed by atoms with Crippen LogP contribution in [0.15, 0.2) is 22.1 Å². The van der Waals surface area contributed by atoms with E-state index in [9.17, 15) is 8.42 Å². The van der Waals surface area contributed by atoms with Gasteiger partial charge in [0.15, 0.2) is 10.9 Å². The molecule has 2 heterocycles. The van der Waals surface area contributed by atoms with E-state index in [0.29, 0.717) is 30.4 Å². The number of hydrogen-bond donors (Lipinski definition) is 3. The standard InChI is InChI=1S/C11H16N6O3S/c18-21(19,15-4-3-10-13-7-20-17-10)11-8(6-14-16-11)5-12-9-1-2-9/h6-7,9,12,15H,1-5H2,(H,14,16). The van der Waals surface area contributed by atoms with Gasteiger partial charge >= 0.3 is 0 Å². The van der Waals surface area contributed by atoms with Crippen molar-refractivity contribution >= 4 is 10.0 Å². The highest BCUT2D eigenvalue weighted by Crippen LogP contribution is 2.20. The summed E-state index contributed by atoms with van der Waals surface area (Å²) in [4.78, 5) is 3.83. The summed E-state index contributed by atoms with van der Waals surface area (Å²) in [6.45, 7) is 0.679. The Kier molecular flexibility index (Phi) is 3.99. The Morgan fingerprint density at radius 2 is 2.29 bits per heavy atom. The molecule has 0 radical (unpaired) electrons. The van der Waals surface area contributed by atoms with Crippen LogP contribution in [0.5, 0.6) is 0 Å². The van der Waals surface area contributed by atoms with E-state index in [-0.39, 0.29) is 11.6 Å². The topological polar surface area (TPSA) is 126 Å². The lowest BCUT2D eigenvalue weighted by molar-refractivity contribution is 0.409. The van der Waals surface area contributed by atoms with Gasteiger partial charge in [-0.05, 0) is 12.8 Å². The second kappa shape index (κ2) is 5.92. The Bertz CT molecular complexity index is 677. The molecule has 0 aromatic carbocycles. The molecule has 0 bridgehead atoms. The number of H-pyrrole nitrogens is 1. The summed E-state index contributed by atoms with van der Waals surface area (Å²) in [5.74, 6) is 0.456. The average Bonchev–Trinajstić information content (AvgIpc) is 2.93. The van der Waals surface area contributed by atoms with E-state index >= 15 is 0 Å². The Balaban J connectivity index is 1.59. The minimum atomic E-state index is -3.62. The van der Waals surface area contributed by atoms with Gasteiger partial charge in [0.25, 0.3) is 10.0 Å². The lowest BCUT2D eigenvalue weighted by Gasteiger charge is -2.06. The van der Waals surface area contributed by atoms with Crippen molar-refractivity contribution in [1.82, 2.24) is 30.4 Å². The lowest BCUT2D eigenvalue weighted by Crippen LogP contribution is -2.28. The van der Waals surface area contributed by atoms with E-state index < -0.39 is 10.0 Å². The molecule has 1 aliphatic carbocycles. The molecule has 1 saturated carbocycles. The summed E-state index contributed by atoms with van der Waals surface area (Å²) in [5, 5.41) is 13.4. The van der Waals surface area contributed by atoms with Gasteiger partial charge in [0.1, 0.15) is 0 Å². The molecule has 2 aromatic rings. The molecule has 1 fully saturated rings. The molecule has 2 aromatic heterocycles. The fraction of sp³-hybridized carbons (Fsp3) is 0.545. The minimum absolute atomic E-state index is 0.101. The van der Waals surface area contributed by atoms with Crippen molar-refractivity contribution < 1.29 is 12.9 Å². The van der Waals surface area contributed by atoms with Gasteiger partial charge in [0, 0.05) is 31.1 Å². The molecule has 0 amide bonds. The molecule has 3 rings (SSSR count). The maximum atomic E-state index is 12.2. The van der Waals surface area contributed by atoms with Crippen molar-refractivity contribution in [2.45, 2.75) is 36.9 Å². The van der Waals surface area contributed by atoms with Crippen molar-refractivity contribution in [1.29, 1.82) is 0 Å². The van der Waals surface area contributed by atoms with Crippen molar-refractivity contribution in [3.63, 3.8) is 0 Å². The molecule has 0 spiro atoms. The fourth-order valence-corrected chi connectivity index (χ4v) is 3.03. The summed E-state index contributed by atoms with van der Waals surface area (Å²) in [6, 6.07) is 0.502. The number of sulfonamides is 1. The van der Waals surface area contributed by atoms with Gasteiger partial charge < -0.3 is 9.84 Å². The fourth-order valence-electron chi connectivity index (χ4n) is 1.87. The van der Waals surface area contributed by atoms with Crippen LogP contribution in [0.3, 0.4) is 0 Å². The summed E-state index contributed by atoms with van der Waals surface area (Å²) >= 11 is 0. The first kappa shape index (κ1) is 14.2. The van der Waals surface area contributed by atoms with Crippen molar-refractivity contribution in [2.24, 2.45) is 0 Å². The number of hydrogen-bond acceptors (Lipinski definition) is 7. The Morgan fingerprint density at radius 1 is 1.43 bits per heavy atom. The molecule has 1 aliphatic rings. The second-order valence-electron chi connectivity index (χ2n) is 4.87. The first-order valence-corrected chi connectivity index (χ1v) is 8.14. The van der Waals surface area contributed by atoms with Crippen LogP contribution in [0.4, 0.5) is 0 Å². The predicted octanol–water partition coefficient (Wildman–Crippen LogP) is -0.434. The van der Waals surface area contributed by atoms with Gasteiger partial charge in [-0.1, -0.05) is 5.16 Å². The Morgan fingerprint density at radius 3 is 3.00 bits per heavy atom. The predicted molar refractivity (Wildman–Crippen MR) is 71.6 cm³/mol. The van der Waals surface area contributed by atoms with Crippen LogP contribution in [0.1, 0.15) is 24.2 Å². The normalized spacial score (nSPS) is 15.4. The summed E-state index contributed by atoms with van der Waals surface area (Å²) in [6.07, 6.45) is 5.38. The van der Waals surface area contributed by atoms with Gasteiger partial charge in [0.05, 0.1) is 6.20 Å². The maximum absolute atomic E-state index is 12.2. The van der Waals surface area contributed by atoms with Crippen LogP contribution in [-0.4, -0.2) is 41.3 Å². The zero-order chi connectivity index (χ0) is 14.7. The van der Waals surface area contributed by atoms with Crippen molar-refractivity contribution in [3.8, 4) is 0 Å². The molecule has 0 saturated heterocycles. The van der Waals surface area contributed by atoms with Crippen molar-refractivity contribution in [3.05, 3.63) is 24.0 Å². The van der Waals surface area contributed by atoms with Crippen LogP contribution < -0.4 is 10.0 Å². The largest absolute Gasteiger partial charge is 0.343 e. The van der Waals surface area contributed by atoms with Gasteiger partial charge in [-0.3, -0.25) is 5.10 Å². The quantitative estimate of drug-likeness (QED) is 0.603. The zero-order valence-corrected chi connectivity index (χ0v) is 12.1. The summed E-state index contributed by atoms with van der Waals surface area (Å²) in [5.41, 5.74) is 0.633. The summed E-state index contributed by atoms with van der Waals surface area (Å²) < 4.78 is 31.5. The Labute approximate surface area is 121 Å². The lowest BCUT2D eigenvalue weighted by atomic mass is 10.3. The van der Waals surface area contributed by atoms with Gasteiger partial charge in [-0.2, -0.15) is 10.1 Å². The first-order chi connectivity index (χ1) is 10.1. The number of nitrogens with zero attached hydrogens (tertiary/aromatic N) is 3. The van der Waals surface area contributed by atoms with E-state index in [4.69, 9.17) is 0 Å². The van der Waals surface area contributed by atoms with E-state index in [0.717, 1.165) is 12.8 Å². The third kappa shape index (κ3) is 3.65. The monoisotopic (exact) mass is 312 g/mol. The van der Waals surface area contributed by atoms with Crippen LogP contribution in [0.25, 0.3) is 0 Å².